The fourth-order valence-electron chi connectivity index (χ4n) is 3.75. The number of amides is 1. The molecular formula is C17H24N6OS. The van der Waals surface area contributed by atoms with Crippen LogP contribution in [-0.2, 0) is 6.54 Å². The van der Waals surface area contributed by atoms with Gasteiger partial charge in [-0.05, 0) is 38.8 Å². The fourth-order valence-corrected chi connectivity index (χ4v) is 4.53. The Kier molecular flexibility index (Phi) is 5.07. The van der Waals surface area contributed by atoms with Crippen molar-refractivity contribution in [3.63, 3.8) is 0 Å². The summed E-state index contributed by atoms with van der Waals surface area (Å²) >= 11 is 1.61. The van der Waals surface area contributed by atoms with Crippen LogP contribution in [0.4, 0.5) is 0 Å². The van der Waals surface area contributed by atoms with E-state index in [0.717, 1.165) is 37.5 Å². The van der Waals surface area contributed by atoms with Crippen molar-refractivity contribution < 1.29 is 4.79 Å². The molecule has 0 aliphatic carbocycles. The quantitative estimate of drug-likeness (QED) is 0.818. The van der Waals surface area contributed by atoms with Gasteiger partial charge in [-0.2, -0.15) is 0 Å². The van der Waals surface area contributed by atoms with Gasteiger partial charge in [-0.3, -0.25) is 9.48 Å². The van der Waals surface area contributed by atoms with E-state index in [2.05, 4.69) is 20.2 Å². The van der Waals surface area contributed by atoms with Crippen LogP contribution in [0, 0.1) is 0 Å². The third-order valence-corrected chi connectivity index (χ3v) is 5.98. The highest BCUT2D eigenvalue weighted by Gasteiger charge is 2.33. The van der Waals surface area contributed by atoms with Crippen molar-refractivity contribution in [2.24, 2.45) is 0 Å². The maximum Gasteiger partial charge on any atom is 0.276 e. The summed E-state index contributed by atoms with van der Waals surface area (Å²) in [6.07, 6.45) is 9.50. The summed E-state index contributed by atoms with van der Waals surface area (Å²) in [5.74, 6) is -0.0260. The maximum atomic E-state index is 12.8. The Bertz CT molecular complexity index is 694. The summed E-state index contributed by atoms with van der Waals surface area (Å²) in [7, 11) is 0. The van der Waals surface area contributed by atoms with Crippen LogP contribution in [0.25, 0.3) is 0 Å². The molecule has 2 fully saturated rings. The monoisotopic (exact) mass is 360 g/mol. The zero-order valence-electron chi connectivity index (χ0n) is 14.4. The van der Waals surface area contributed by atoms with Gasteiger partial charge in [0.15, 0.2) is 5.69 Å². The zero-order chi connectivity index (χ0) is 17.1. The van der Waals surface area contributed by atoms with Crippen LogP contribution in [-0.4, -0.2) is 61.9 Å². The first-order chi connectivity index (χ1) is 12.3. The largest absolute Gasteiger partial charge is 0.328 e. The van der Waals surface area contributed by atoms with Crippen molar-refractivity contribution in [1.29, 1.82) is 0 Å². The van der Waals surface area contributed by atoms with Crippen molar-refractivity contribution >= 4 is 17.2 Å². The van der Waals surface area contributed by atoms with Gasteiger partial charge in [0.25, 0.3) is 5.91 Å². The van der Waals surface area contributed by atoms with Crippen LogP contribution >= 0.6 is 11.3 Å². The molecule has 1 atom stereocenters. The molecule has 8 heteroatoms. The molecule has 4 heterocycles. The Balaban J connectivity index is 1.38. The first kappa shape index (κ1) is 16.7. The van der Waals surface area contributed by atoms with Gasteiger partial charge in [-0.25, -0.2) is 4.98 Å². The van der Waals surface area contributed by atoms with Gasteiger partial charge in [0.2, 0.25) is 0 Å². The third-order valence-electron chi connectivity index (χ3n) is 5.10. The maximum absolute atomic E-state index is 12.8. The zero-order valence-corrected chi connectivity index (χ0v) is 15.2. The van der Waals surface area contributed by atoms with Crippen molar-refractivity contribution in [3.05, 3.63) is 28.5 Å². The molecule has 134 valence electrons. The standard InChI is InChI=1S/C17H24N6OS/c24-17(23-9-4-5-15(23)16-18-6-12-25-16)14-13-22(20-19-14)11-10-21-7-2-1-3-8-21/h6,12-13,15H,1-5,7-11H2. The molecule has 0 saturated carbocycles. The van der Waals surface area contributed by atoms with Crippen molar-refractivity contribution in [3.8, 4) is 0 Å². The highest BCUT2D eigenvalue weighted by Crippen LogP contribution is 2.33. The molecule has 0 radical (unpaired) electrons. The summed E-state index contributed by atoms with van der Waals surface area (Å²) in [4.78, 5) is 21.6. The number of likely N-dealkylation sites (tertiary alicyclic amines) is 2. The molecule has 0 N–H and O–H groups in total. The molecule has 0 spiro atoms. The number of carbonyl (C=O) groups is 1. The Hall–Kier alpha value is -1.80. The van der Waals surface area contributed by atoms with E-state index in [9.17, 15) is 4.79 Å². The number of hydrogen-bond donors (Lipinski definition) is 0. The minimum atomic E-state index is -0.0260. The first-order valence-electron chi connectivity index (χ1n) is 9.14. The Labute approximate surface area is 151 Å². The van der Waals surface area contributed by atoms with Crippen LogP contribution in [0.3, 0.4) is 0 Å². The molecule has 2 saturated heterocycles. The van der Waals surface area contributed by atoms with Gasteiger partial charge in [0.05, 0.1) is 18.8 Å². The number of aromatic nitrogens is 4. The number of rotatable bonds is 5. The lowest BCUT2D eigenvalue weighted by molar-refractivity contribution is 0.0729. The Morgan fingerprint density at radius 3 is 2.84 bits per heavy atom. The summed E-state index contributed by atoms with van der Waals surface area (Å²) in [6.45, 7) is 4.87. The average molecular weight is 360 g/mol. The van der Waals surface area contributed by atoms with E-state index in [1.165, 1.54) is 32.4 Å². The summed E-state index contributed by atoms with van der Waals surface area (Å²) < 4.78 is 1.80. The summed E-state index contributed by atoms with van der Waals surface area (Å²) in [5.41, 5.74) is 0.446. The van der Waals surface area contributed by atoms with E-state index < -0.39 is 0 Å². The van der Waals surface area contributed by atoms with Crippen LogP contribution in [0.2, 0.25) is 0 Å². The number of carbonyl (C=O) groups excluding carboxylic acids is 1. The molecule has 4 rings (SSSR count). The second-order valence-electron chi connectivity index (χ2n) is 6.80. The van der Waals surface area contributed by atoms with Gasteiger partial charge in [-0.1, -0.05) is 11.6 Å². The topological polar surface area (TPSA) is 67.2 Å². The average Bonchev–Trinajstić information content (AvgIpc) is 3.41. The third kappa shape index (κ3) is 3.74. The van der Waals surface area contributed by atoms with Crippen molar-refractivity contribution in [2.45, 2.75) is 44.7 Å². The highest BCUT2D eigenvalue weighted by molar-refractivity contribution is 7.09. The predicted octanol–water partition coefficient (Wildman–Crippen LogP) is 2.20. The molecule has 0 aromatic carbocycles. The number of hydrogen-bond acceptors (Lipinski definition) is 6. The summed E-state index contributed by atoms with van der Waals surface area (Å²) in [5, 5.41) is 11.3. The van der Waals surface area contributed by atoms with Gasteiger partial charge < -0.3 is 9.80 Å². The van der Waals surface area contributed by atoms with Gasteiger partial charge in [-0.15, -0.1) is 16.4 Å². The SMILES string of the molecule is O=C(c1cn(CCN2CCCCC2)nn1)N1CCCC1c1nccs1. The molecule has 25 heavy (non-hydrogen) atoms. The lowest BCUT2D eigenvalue weighted by atomic mass is 10.1. The lowest BCUT2D eigenvalue weighted by Crippen LogP contribution is -2.32. The van der Waals surface area contributed by atoms with E-state index in [4.69, 9.17) is 0 Å². The first-order valence-corrected chi connectivity index (χ1v) is 10.0. The minimum Gasteiger partial charge on any atom is -0.328 e. The highest BCUT2D eigenvalue weighted by atomic mass is 32.1. The van der Waals surface area contributed by atoms with Crippen LogP contribution in [0.15, 0.2) is 17.8 Å². The van der Waals surface area contributed by atoms with Gasteiger partial charge >= 0.3 is 0 Å². The van der Waals surface area contributed by atoms with E-state index >= 15 is 0 Å². The Morgan fingerprint density at radius 1 is 1.16 bits per heavy atom. The second-order valence-corrected chi connectivity index (χ2v) is 7.72. The smallest absolute Gasteiger partial charge is 0.276 e. The molecule has 0 bridgehead atoms. The fraction of sp³-hybridized carbons (Fsp3) is 0.647. The predicted molar refractivity (Wildman–Crippen MR) is 95.4 cm³/mol. The molecule has 2 aliphatic heterocycles. The van der Waals surface area contributed by atoms with Crippen molar-refractivity contribution in [1.82, 2.24) is 29.8 Å². The summed E-state index contributed by atoms with van der Waals surface area (Å²) in [6, 6.07) is 0.0889. The number of thiazole rings is 1. The molecule has 2 aromatic rings. The molecule has 1 amide bonds. The molecule has 2 aliphatic rings. The Morgan fingerprint density at radius 2 is 2.04 bits per heavy atom. The van der Waals surface area contributed by atoms with Crippen LogP contribution < -0.4 is 0 Å². The van der Waals surface area contributed by atoms with Crippen LogP contribution in [0.1, 0.15) is 53.6 Å². The van der Waals surface area contributed by atoms with Gasteiger partial charge in [0.1, 0.15) is 5.01 Å². The van der Waals surface area contributed by atoms with E-state index in [-0.39, 0.29) is 11.9 Å². The lowest BCUT2D eigenvalue weighted by Gasteiger charge is -2.26. The van der Waals surface area contributed by atoms with Crippen molar-refractivity contribution in [2.75, 3.05) is 26.2 Å². The molecule has 7 nitrogen and oxygen atoms in total. The van der Waals surface area contributed by atoms with E-state index in [1.54, 1.807) is 28.4 Å². The molecular weight excluding hydrogens is 336 g/mol. The van der Waals surface area contributed by atoms with Gasteiger partial charge in [0, 0.05) is 24.7 Å². The molecule has 2 aromatic heterocycles. The number of nitrogens with zero attached hydrogens (tertiary/aromatic N) is 6. The minimum absolute atomic E-state index is 0.0260. The normalized spacial score (nSPS) is 21.8. The second kappa shape index (κ2) is 7.61. The molecule has 1 unspecified atom stereocenters. The van der Waals surface area contributed by atoms with E-state index in [0.29, 0.717) is 5.69 Å². The number of piperidine rings is 1. The van der Waals surface area contributed by atoms with Crippen LogP contribution in [0.5, 0.6) is 0 Å². The van der Waals surface area contributed by atoms with E-state index in [1.807, 2.05) is 10.3 Å².